The molecule has 2 aliphatic heterocycles. The Bertz CT molecular complexity index is 200. The van der Waals surface area contributed by atoms with E-state index in [9.17, 15) is 8.78 Å². The minimum absolute atomic E-state index is 0. The molecule has 0 aromatic carbocycles. The average molecular weight is 199 g/mol. The van der Waals surface area contributed by atoms with Crippen LogP contribution in [0.1, 0.15) is 0 Å². The number of rotatable bonds is 1. The standard InChI is InChI=1S/C6H8F2N2O.ClH/c7-6(8)5-3-1-9-2-4(3)11-10-5;/h3-4,6,9H,1-2H2;1H. The molecule has 0 amide bonds. The van der Waals surface area contributed by atoms with Gasteiger partial charge in [-0.25, -0.2) is 8.78 Å². The van der Waals surface area contributed by atoms with Crippen LogP contribution in [0.5, 0.6) is 0 Å². The lowest BCUT2D eigenvalue weighted by molar-refractivity contribution is 0.0841. The molecule has 1 N–H and O–H groups in total. The lowest BCUT2D eigenvalue weighted by Crippen LogP contribution is -2.25. The maximum atomic E-state index is 12.1. The van der Waals surface area contributed by atoms with E-state index in [-0.39, 0.29) is 30.1 Å². The van der Waals surface area contributed by atoms with Crippen LogP contribution in [-0.2, 0) is 4.84 Å². The zero-order chi connectivity index (χ0) is 7.84. The topological polar surface area (TPSA) is 33.6 Å². The summed E-state index contributed by atoms with van der Waals surface area (Å²) >= 11 is 0. The minimum Gasteiger partial charge on any atom is -0.390 e. The molecule has 0 spiro atoms. The van der Waals surface area contributed by atoms with Crippen molar-refractivity contribution in [3.05, 3.63) is 0 Å². The van der Waals surface area contributed by atoms with Gasteiger partial charge in [-0.3, -0.25) is 0 Å². The van der Waals surface area contributed by atoms with Crippen LogP contribution in [0.2, 0.25) is 0 Å². The van der Waals surface area contributed by atoms with Crippen LogP contribution in [0, 0.1) is 5.92 Å². The third-order valence-electron chi connectivity index (χ3n) is 2.06. The van der Waals surface area contributed by atoms with E-state index in [4.69, 9.17) is 4.84 Å². The number of hydrogen-bond acceptors (Lipinski definition) is 3. The molecule has 0 aromatic rings. The second-order valence-electron chi connectivity index (χ2n) is 2.73. The summed E-state index contributed by atoms with van der Waals surface area (Å²) in [4.78, 5) is 4.80. The normalized spacial score (nSPS) is 32.4. The van der Waals surface area contributed by atoms with E-state index in [1.807, 2.05) is 0 Å². The SMILES string of the molecule is Cl.FC(F)C1=NOC2CNCC12. The molecule has 6 heteroatoms. The molecular weight excluding hydrogens is 190 g/mol. The van der Waals surface area contributed by atoms with Crippen molar-refractivity contribution in [1.29, 1.82) is 0 Å². The molecule has 2 atom stereocenters. The Morgan fingerprint density at radius 2 is 2.25 bits per heavy atom. The number of fused-ring (bicyclic) bond motifs is 1. The summed E-state index contributed by atoms with van der Waals surface area (Å²) in [7, 11) is 0. The highest BCUT2D eigenvalue weighted by atomic mass is 35.5. The molecule has 70 valence electrons. The molecule has 1 saturated heterocycles. The molecule has 3 nitrogen and oxygen atoms in total. The predicted molar refractivity (Wildman–Crippen MR) is 41.9 cm³/mol. The zero-order valence-corrected chi connectivity index (χ0v) is 6.98. The van der Waals surface area contributed by atoms with Crippen molar-refractivity contribution in [2.45, 2.75) is 12.5 Å². The van der Waals surface area contributed by atoms with Crippen molar-refractivity contribution in [1.82, 2.24) is 5.32 Å². The third-order valence-corrected chi connectivity index (χ3v) is 2.06. The Morgan fingerprint density at radius 3 is 2.92 bits per heavy atom. The van der Waals surface area contributed by atoms with E-state index in [1.165, 1.54) is 0 Å². The number of nitrogens with zero attached hydrogens (tertiary/aromatic N) is 1. The van der Waals surface area contributed by atoms with Crippen molar-refractivity contribution >= 4 is 18.1 Å². The molecule has 2 rings (SSSR count). The first-order valence-corrected chi connectivity index (χ1v) is 3.51. The Hall–Kier alpha value is -0.420. The van der Waals surface area contributed by atoms with Gasteiger partial charge >= 0.3 is 0 Å². The monoisotopic (exact) mass is 198 g/mol. The molecule has 1 fully saturated rings. The fourth-order valence-electron chi connectivity index (χ4n) is 1.46. The van der Waals surface area contributed by atoms with E-state index >= 15 is 0 Å². The molecule has 0 bridgehead atoms. The van der Waals surface area contributed by atoms with Crippen molar-refractivity contribution in [2.24, 2.45) is 11.1 Å². The summed E-state index contributed by atoms with van der Waals surface area (Å²) in [6.45, 7) is 1.19. The maximum Gasteiger partial charge on any atom is 0.280 e. The highest BCUT2D eigenvalue weighted by Crippen LogP contribution is 2.24. The molecular formula is C6H9ClF2N2O. The molecule has 0 saturated carbocycles. The van der Waals surface area contributed by atoms with Gasteiger partial charge in [0.1, 0.15) is 11.8 Å². The summed E-state index contributed by atoms with van der Waals surface area (Å²) in [5, 5.41) is 6.32. The largest absolute Gasteiger partial charge is 0.390 e. The Morgan fingerprint density at radius 1 is 1.50 bits per heavy atom. The Kier molecular flexibility index (Phi) is 2.85. The van der Waals surface area contributed by atoms with E-state index in [0.29, 0.717) is 13.1 Å². The van der Waals surface area contributed by atoms with Crippen molar-refractivity contribution in [3.8, 4) is 0 Å². The van der Waals surface area contributed by atoms with Gasteiger partial charge in [0.05, 0.1) is 5.92 Å². The van der Waals surface area contributed by atoms with Crippen molar-refractivity contribution in [2.75, 3.05) is 13.1 Å². The lowest BCUT2D eigenvalue weighted by atomic mass is 10.0. The van der Waals surface area contributed by atoms with Gasteiger partial charge in [-0.1, -0.05) is 5.16 Å². The van der Waals surface area contributed by atoms with Gasteiger partial charge in [-0.2, -0.15) is 0 Å². The van der Waals surface area contributed by atoms with Gasteiger partial charge in [-0.15, -0.1) is 12.4 Å². The molecule has 0 aromatic heterocycles. The number of oxime groups is 1. The Labute approximate surface area is 74.5 Å². The molecule has 0 radical (unpaired) electrons. The number of hydrogen-bond donors (Lipinski definition) is 1. The summed E-state index contributed by atoms with van der Waals surface area (Å²) < 4.78 is 24.3. The van der Waals surface area contributed by atoms with Crippen molar-refractivity contribution < 1.29 is 13.6 Å². The first kappa shape index (κ1) is 9.67. The van der Waals surface area contributed by atoms with Crippen LogP contribution in [-0.4, -0.2) is 31.3 Å². The number of alkyl halides is 2. The summed E-state index contributed by atoms with van der Waals surface area (Å²) in [6, 6.07) is 0. The maximum absolute atomic E-state index is 12.1. The Balaban J connectivity index is 0.000000720. The summed E-state index contributed by atoms with van der Waals surface area (Å²) in [6.07, 6.45) is -2.62. The number of nitrogens with one attached hydrogen (secondary N) is 1. The van der Waals surface area contributed by atoms with Crippen molar-refractivity contribution in [3.63, 3.8) is 0 Å². The lowest BCUT2D eigenvalue weighted by Gasteiger charge is -2.05. The molecule has 0 aliphatic carbocycles. The van der Waals surface area contributed by atoms with Gasteiger partial charge in [0, 0.05) is 13.1 Å². The van der Waals surface area contributed by atoms with E-state index in [1.54, 1.807) is 0 Å². The molecule has 2 unspecified atom stereocenters. The highest BCUT2D eigenvalue weighted by Gasteiger charge is 2.41. The first-order chi connectivity index (χ1) is 5.29. The first-order valence-electron chi connectivity index (χ1n) is 3.51. The predicted octanol–water partition coefficient (Wildman–Crippen LogP) is 0.648. The zero-order valence-electron chi connectivity index (χ0n) is 6.17. The second kappa shape index (κ2) is 3.53. The van der Waals surface area contributed by atoms with E-state index in [0.717, 1.165) is 0 Å². The van der Waals surface area contributed by atoms with Gasteiger partial charge in [0.15, 0.2) is 0 Å². The fourth-order valence-corrected chi connectivity index (χ4v) is 1.46. The smallest absolute Gasteiger partial charge is 0.280 e. The highest BCUT2D eigenvalue weighted by molar-refractivity contribution is 5.91. The summed E-state index contributed by atoms with van der Waals surface area (Å²) in [5.74, 6) is -0.199. The quantitative estimate of drug-likeness (QED) is 0.671. The minimum atomic E-state index is -2.47. The second-order valence-corrected chi connectivity index (χ2v) is 2.73. The fraction of sp³-hybridized carbons (Fsp3) is 0.833. The van der Waals surface area contributed by atoms with Crippen LogP contribution in [0.25, 0.3) is 0 Å². The van der Waals surface area contributed by atoms with Crippen LogP contribution in [0.3, 0.4) is 0 Å². The van der Waals surface area contributed by atoms with Crippen LogP contribution >= 0.6 is 12.4 Å². The summed E-state index contributed by atoms with van der Waals surface area (Å²) in [5.41, 5.74) is -0.0972. The van der Waals surface area contributed by atoms with E-state index < -0.39 is 6.43 Å². The van der Waals surface area contributed by atoms with Gasteiger partial charge in [-0.05, 0) is 0 Å². The van der Waals surface area contributed by atoms with Crippen LogP contribution in [0.4, 0.5) is 8.78 Å². The number of halogens is 3. The van der Waals surface area contributed by atoms with E-state index in [2.05, 4.69) is 10.5 Å². The molecule has 12 heavy (non-hydrogen) atoms. The molecule has 2 heterocycles. The van der Waals surface area contributed by atoms with Gasteiger partial charge < -0.3 is 10.2 Å². The van der Waals surface area contributed by atoms with Crippen LogP contribution < -0.4 is 5.32 Å². The van der Waals surface area contributed by atoms with Crippen LogP contribution in [0.15, 0.2) is 5.16 Å². The molecule has 2 aliphatic rings. The average Bonchev–Trinajstić information content (AvgIpc) is 2.41. The van der Waals surface area contributed by atoms with Gasteiger partial charge in [0.2, 0.25) is 0 Å². The third kappa shape index (κ3) is 1.38. The van der Waals surface area contributed by atoms with Gasteiger partial charge in [0.25, 0.3) is 6.43 Å².